The van der Waals surface area contributed by atoms with Gasteiger partial charge in [0, 0.05) is 58.0 Å². The number of carbonyl (C=O) groups is 1. The molecule has 0 spiro atoms. The first-order valence-corrected chi connectivity index (χ1v) is 16.9. The van der Waals surface area contributed by atoms with Gasteiger partial charge in [-0.25, -0.2) is 13.8 Å². The molecule has 0 unspecified atom stereocenters. The van der Waals surface area contributed by atoms with Crippen LogP contribution in [-0.4, -0.2) is 46.6 Å². The third-order valence-electron chi connectivity index (χ3n) is 8.71. The van der Waals surface area contributed by atoms with Crippen molar-refractivity contribution in [3.8, 4) is 29.6 Å². The number of H-pyrrole nitrogens is 1. The van der Waals surface area contributed by atoms with Crippen molar-refractivity contribution < 1.29 is 18.3 Å². The number of terminal acetylenes is 1. The highest BCUT2D eigenvalue weighted by Gasteiger charge is 2.35. The Kier molecular flexibility index (Phi) is 7.36. The molecule has 14 heteroatoms. The summed E-state index contributed by atoms with van der Waals surface area (Å²) in [6, 6.07) is 15.3. The quantitative estimate of drug-likeness (QED) is 0.109. The van der Waals surface area contributed by atoms with E-state index in [2.05, 4.69) is 41.3 Å². The van der Waals surface area contributed by atoms with Crippen LogP contribution in [0.25, 0.3) is 32.9 Å². The number of nitrogens with zero attached hydrogens (tertiary/aromatic N) is 7. The van der Waals surface area contributed by atoms with Crippen molar-refractivity contribution in [2.75, 3.05) is 16.8 Å². The third kappa shape index (κ3) is 5.67. The maximum atomic E-state index is 16.5. The standard InChI is InChI=1S/C37H25F2N9O2S/c1-2-24-27(38)13-8-20-4-3-5-25(31(20)24)33-32(39)34-26(16-41-33)36(48-28-17-40-18-29(28)48)45-37(44-34)50-15-14-30(49)43-22-9-11-23(12-10-22)51-47-19-42-35(46-47)21-6-7-21/h1,3-5,8-13,16-19,21,40H,6-7,14-15H2,(H,43,49). The molecule has 11 nitrogen and oxygen atoms in total. The molecule has 3 aromatic carbocycles. The Hall–Kier alpha value is -6.33. The van der Waals surface area contributed by atoms with Gasteiger partial charge in [-0.1, -0.05) is 30.2 Å². The second-order valence-corrected chi connectivity index (χ2v) is 13.1. The van der Waals surface area contributed by atoms with Crippen LogP contribution in [0.2, 0.25) is 0 Å². The third-order valence-corrected chi connectivity index (χ3v) is 9.56. The topological polar surface area (TPSA) is 127 Å². The highest BCUT2D eigenvalue weighted by Crippen LogP contribution is 2.54. The fourth-order valence-corrected chi connectivity index (χ4v) is 6.72. The number of halogens is 2. The van der Waals surface area contributed by atoms with Crippen LogP contribution in [0.4, 0.5) is 31.7 Å². The average molecular weight is 698 g/mol. The van der Waals surface area contributed by atoms with E-state index >= 15 is 4.39 Å². The van der Waals surface area contributed by atoms with Gasteiger partial charge in [0.15, 0.2) is 17.5 Å². The Morgan fingerprint density at radius 3 is 2.67 bits per heavy atom. The molecular formula is C37H25F2N9O2S. The van der Waals surface area contributed by atoms with Crippen LogP contribution in [0, 0.1) is 24.0 Å². The molecule has 1 aliphatic carbocycles. The van der Waals surface area contributed by atoms with E-state index in [9.17, 15) is 9.18 Å². The lowest BCUT2D eigenvalue weighted by atomic mass is 9.96. The van der Waals surface area contributed by atoms with Crippen LogP contribution in [0.5, 0.6) is 6.01 Å². The second-order valence-electron chi connectivity index (χ2n) is 12.1. The molecule has 4 aromatic heterocycles. The smallest absolute Gasteiger partial charge is 0.319 e. The molecular weight excluding hydrogens is 673 g/mol. The van der Waals surface area contributed by atoms with Crippen molar-refractivity contribution >= 4 is 62.4 Å². The molecule has 2 aliphatic rings. The molecule has 7 aromatic rings. The number of amides is 1. The Bertz CT molecular complexity index is 2540. The zero-order chi connectivity index (χ0) is 34.6. The molecule has 51 heavy (non-hydrogen) atoms. The summed E-state index contributed by atoms with van der Waals surface area (Å²) < 4.78 is 38.9. The van der Waals surface area contributed by atoms with E-state index in [-0.39, 0.29) is 41.7 Å². The molecule has 0 atom stereocenters. The van der Waals surface area contributed by atoms with Gasteiger partial charge in [-0.05, 0) is 48.6 Å². The minimum Gasteiger partial charge on any atom is -0.463 e. The SMILES string of the molecule is C#Cc1c(F)ccc2cccc(-c3ncc4c(N5c6c[nH]cc65)nc(OCCC(=O)Nc5ccc(Sn6cnc(C7CC7)n6)cc5)nc4c3F)c12. The van der Waals surface area contributed by atoms with E-state index in [0.717, 1.165) is 34.9 Å². The van der Waals surface area contributed by atoms with Crippen molar-refractivity contribution in [1.29, 1.82) is 0 Å². The molecule has 250 valence electrons. The summed E-state index contributed by atoms with van der Waals surface area (Å²) in [7, 11) is 0. The Labute approximate surface area is 293 Å². The zero-order valence-corrected chi connectivity index (χ0v) is 27.4. The van der Waals surface area contributed by atoms with Gasteiger partial charge in [0.25, 0.3) is 0 Å². The van der Waals surface area contributed by atoms with Gasteiger partial charge in [0.2, 0.25) is 5.91 Å². The fourth-order valence-electron chi connectivity index (χ4n) is 6.03. The molecule has 1 amide bonds. The largest absolute Gasteiger partial charge is 0.463 e. The minimum absolute atomic E-state index is 0.0133. The van der Waals surface area contributed by atoms with Crippen LogP contribution < -0.4 is 15.0 Å². The number of pyridine rings is 1. The van der Waals surface area contributed by atoms with Gasteiger partial charge < -0.3 is 15.0 Å². The molecule has 1 aliphatic heterocycles. The summed E-state index contributed by atoms with van der Waals surface area (Å²) >= 11 is 1.44. The van der Waals surface area contributed by atoms with Gasteiger partial charge in [-0.3, -0.25) is 14.7 Å². The van der Waals surface area contributed by atoms with Crippen LogP contribution in [0.1, 0.15) is 36.6 Å². The number of fused-ring (bicyclic) bond motifs is 3. The maximum Gasteiger partial charge on any atom is 0.319 e. The number of rotatable bonds is 10. The lowest BCUT2D eigenvalue weighted by Gasteiger charge is -2.14. The molecule has 0 saturated heterocycles. The number of carbonyl (C=O) groups excluding carboxylic acids is 1. The maximum absolute atomic E-state index is 16.5. The van der Waals surface area contributed by atoms with Crippen molar-refractivity contribution in [3.05, 3.63) is 103 Å². The Balaban J connectivity index is 0.946. The molecule has 9 rings (SSSR count). The normalized spacial score (nSPS) is 13.3. The molecule has 1 saturated carbocycles. The van der Waals surface area contributed by atoms with Crippen molar-refractivity contribution in [1.82, 2.24) is 34.1 Å². The van der Waals surface area contributed by atoms with Crippen LogP contribution >= 0.6 is 11.9 Å². The molecule has 0 radical (unpaired) electrons. The summed E-state index contributed by atoms with van der Waals surface area (Å²) in [5.41, 5.74) is 2.59. The molecule has 5 heterocycles. The van der Waals surface area contributed by atoms with E-state index in [0.29, 0.717) is 39.1 Å². The summed E-state index contributed by atoms with van der Waals surface area (Å²) in [5.74, 6) is 2.51. The van der Waals surface area contributed by atoms with Gasteiger partial charge >= 0.3 is 6.01 Å². The summed E-state index contributed by atoms with van der Waals surface area (Å²) in [4.78, 5) is 36.4. The lowest BCUT2D eigenvalue weighted by molar-refractivity contribution is -0.116. The molecule has 2 N–H and O–H groups in total. The first-order chi connectivity index (χ1) is 24.9. The van der Waals surface area contributed by atoms with E-state index < -0.39 is 11.6 Å². The first-order valence-electron chi connectivity index (χ1n) is 16.1. The highest BCUT2D eigenvalue weighted by atomic mass is 32.2. The van der Waals surface area contributed by atoms with Crippen molar-refractivity contribution in [2.24, 2.45) is 0 Å². The number of aromatic amines is 1. The van der Waals surface area contributed by atoms with Crippen molar-refractivity contribution in [3.63, 3.8) is 0 Å². The van der Waals surface area contributed by atoms with Crippen LogP contribution in [-0.2, 0) is 4.79 Å². The number of benzene rings is 3. The highest BCUT2D eigenvalue weighted by molar-refractivity contribution is 7.97. The van der Waals surface area contributed by atoms with E-state index in [1.54, 1.807) is 47.1 Å². The second kappa shape index (κ2) is 12.2. The lowest BCUT2D eigenvalue weighted by Crippen LogP contribution is -2.16. The van der Waals surface area contributed by atoms with E-state index in [1.165, 1.54) is 24.2 Å². The molecule has 1 fully saturated rings. The average Bonchev–Trinajstić information content (AvgIpc) is 4.00. The fraction of sp³-hybridized carbons (Fsp3) is 0.135. The van der Waals surface area contributed by atoms with E-state index in [1.807, 2.05) is 29.2 Å². The van der Waals surface area contributed by atoms with Crippen molar-refractivity contribution in [2.45, 2.75) is 30.1 Å². The van der Waals surface area contributed by atoms with Gasteiger partial charge in [-0.15, -0.1) is 11.5 Å². The minimum atomic E-state index is -0.750. The summed E-state index contributed by atoms with van der Waals surface area (Å²) in [6.45, 7) is -0.0685. The van der Waals surface area contributed by atoms with Crippen LogP contribution in [0.3, 0.4) is 0 Å². The zero-order valence-electron chi connectivity index (χ0n) is 26.6. The number of ether oxygens (including phenoxy) is 1. The van der Waals surface area contributed by atoms with E-state index in [4.69, 9.17) is 11.2 Å². The molecule has 0 bridgehead atoms. The number of nitrogens with one attached hydrogen (secondary N) is 2. The van der Waals surface area contributed by atoms with Gasteiger partial charge in [0.05, 0.1) is 28.7 Å². The monoisotopic (exact) mass is 697 g/mol. The van der Waals surface area contributed by atoms with Gasteiger partial charge in [0.1, 0.15) is 30.0 Å². The first kappa shape index (κ1) is 30.7. The number of hydrogen-bond donors (Lipinski definition) is 2. The number of aromatic nitrogens is 7. The van der Waals surface area contributed by atoms with Gasteiger partial charge in [-0.2, -0.15) is 14.1 Å². The number of anilines is 4. The van der Waals surface area contributed by atoms with Crippen LogP contribution in [0.15, 0.2) is 84.4 Å². The Morgan fingerprint density at radius 1 is 1.06 bits per heavy atom. The predicted molar refractivity (Wildman–Crippen MR) is 189 cm³/mol. The summed E-state index contributed by atoms with van der Waals surface area (Å²) in [6.07, 6.45) is 14.7. The Morgan fingerprint density at radius 2 is 1.88 bits per heavy atom. The summed E-state index contributed by atoms with van der Waals surface area (Å²) in [5, 5.41) is 8.73. The predicted octanol–water partition coefficient (Wildman–Crippen LogP) is 7.65. The number of hydrogen-bond acceptors (Lipinski definition) is 9.